The number of aromatic nitrogens is 2. The number of ketones is 1. The molecule has 5 heteroatoms. The van der Waals surface area contributed by atoms with Gasteiger partial charge in [0.25, 0.3) is 0 Å². The highest BCUT2D eigenvalue weighted by Gasteiger charge is 2.24. The summed E-state index contributed by atoms with van der Waals surface area (Å²) < 4.78 is 1.09. The molecular formula is C17H16BrN3O. The summed E-state index contributed by atoms with van der Waals surface area (Å²) in [5, 5.41) is 3.43. The van der Waals surface area contributed by atoms with E-state index in [-0.39, 0.29) is 11.8 Å². The normalized spacial score (nSPS) is 19.7. The third-order valence-corrected chi connectivity index (χ3v) is 4.97. The van der Waals surface area contributed by atoms with Crippen molar-refractivity contribution in [3.63, 3.8) is 0 Å². The molecule has 22 heavy (non-hydrogen) atoms. The number of anilines is 1. The molecule has 1 aromatic heterocycles. The molecule has 0 radical (unpaired) electrons. The van der Waals surface area contributed by atoms with Crippen LogP contribution in [0.15, 0.2) is 28.9 Å². The lowest BCUT2D eigenvalue weighted by molar-refractivity contribution is 0.0971. The Morgan fingerprint density at radius 1 is 1.23 bits per heavy atom. The number of fused-ring (bicyclic) bond motifs is 2. The highest BCUT2D eigenvalue weighted by atomic mass is 79.9. The number of nitrogens with one attached hydrogen (secondary N) is 1. The van der Waals surface area contributed by atoms with Gasteiger partial charge in [-0.15, -0.1) is 0 Å². The Morgan fingerprint density at radius 3 is 3.05 bits per heavy atom. The van der Waals surface area contributed by atoms with Crippen molar-refractivity contribution < 1.29 is 4.79 Å². The Labute approximate surface area is 137 Å². The number of hydrogen-bond acceptors (Lipinski definition) is 4. The summed E-state index contributed by atoms with van der Waals surface area (Å²) in [5.74, 6) is 0.800. The molecule has 0 saturated heterocycles. The second kappa shape index (κ2) is 5.47. The van der Waals surface area contributed by atoms with Gasteiger partial charge in [0.1, 0.15) is 0 Å². The third kappa shape index (κ3) is 2.43. The van der Waals surface area contributed by atoms with E-state index in [1.54, 1.807) is 6.20 Å². The molecule has 0 amide bonds. The molecule has 0 aliphatic heterocycles. The standard InChI is InChI=1S/C17H16BrN3O/c18-11-6-4-10-5-7-15(12(10)8-11)21-17-19-9-13-14(20-17)2-1-3-16(13)22/h4,6,8-9,15H,1-3,5,7H2,(H,19,20,21)/t15-/m1/s1. The third-order valence-electron chi connectivity index (χ3n) is 4.47. The molecule has 0 bridgehead atoms. The van der Waals surface area contributed by atoms with Crippen LogP contribution in [0.5, 0.6) is 0 Å². The van der Waals surface area contributed by atoms with Gasteiger partial charge in [0.15, 0.2) is 5.78 Å². The summed E-state index contributed by atoms with van der Waals surface area (Å²) in [5.41, 5.74) is 4.29. The lowest BCUT2D eigenvalue weighted by Gasteiger charge is -2.17. The minimum atomic E-state index is 0.169. The molecule has 1 N–H and O–H groups in total. The molecule has 4 nitrogen and oxygen atoms in total. The molecule has 2 aromatic rings. The number of benzene rings is 1. The number of nitrogens with zero attached hydrogens (tertiary/aromatic N) is 2. The van der Waals surface area contributed by atoms with Crippen LogP contribution in [0.2, 0.25) is 0 Å². The molecule has 1 aromatic carbocycles. The maximum atomic E-state index is 11.8. The molecule has 1 heterocycles. The van der Waals surface area contributed by atoms with Gasteiger partial charge in [0.05, 0.1) is 17.3 Å². The van der Waals surface area contributed by atoms with Crippen molar-refractivity contribution >= 4 is 27.7 Å². The van der Waals surface area contributed by atoms with Crippen LogP contribution in [-0.4, -0.2) is 15.8 Å². The maximum absolute atomic E-state index is 11.8. The van der Waals surface area contributed by atoms with Crippen molar-refractivity contribution in [3.05, 3.63) is 51.3 Å². The highest BCUT2D eigenvalue weighted by molar-refractivity contribution is 9.10. The van der Waals surface area contributed by atoms with Crippen LogP contribution >= 0.6 is 15.9 Å². The molecule has 1 atom stereocenters. The molecule has 0 spiro atoms. The molecule has 0 fully saturated rings. The summed E-state index contributed by atoms with van der Waals surface area (Å²) in [6.07, 6.45) is 6.18. The number of rotatable bonds is 2. The van der Waals surface area contributed by atoms with E-state index >= 15 is 0 Å². The predicted molar refractivity (Wildman–Crippen MR) is 88.1 cm³/mol. The fraction of sp³-hybridized carbons (Fsp3) is 0.353. The van der Waals surface area contributed by atoms with Crippen LogP contribution in [0.4, 0.5) is 5.95 Å². The molecule has 0 saturated carbocycles. The van der Waals surface area contributed by atoms with Gasteiger partial charge in [-0.05, 0) is 48.9 Å². The number of Topliss-reactive ketones (excluding diaryl/α,β-unsaturated/α-hetero) is 1. The lowest BCUT2D eigenvalue weighted by atomic mass is 9.96. The van der Waals surface area contributed by atoms with Gasteiger partial charge in [-0.2, -0.15) is 0 Å². The second-order valence-corrected chi connectivity index (χ2v) is 6.83. The fourth-order valence-electron chi connectivity index (χ4n) is 3.34. The van der Waals surface area contributed by atoms with E-state index in [1.807, 2.05) is 0 Å². The molecule has 2 aliphatic carbocycles. The first kappa shape index (κ1) is 13.9. The van der Waals surface area contributed by atoms with Crippen molar-refractivity contribution in [3.8, 4) is 0 Å². The van der Waals surface area contributed by atoms with Crippen LogP contribution in [-0.2, 0) is 12.8 Å². The number of hydrogen-bond donors (Lipinski definition) is 1. The quantitative estimate of drug-likeness (QED) is 0.886. The largest absolute Gasteiger partial charge is 0.347 e. The topological polar surface area (TPSA) is 54.9 Å². The van der Waals surface area contributed by atoms with E-state index in [9.17, 15) is 4.79 Å². The molecule has 112 valence electrons. The van der Waals surface area contributed by atoms with Gasteiger partial charge in [0.2, 0.25) is 5.95 Å². The van der Waals surface area contributed by atoms with Crippen molar-refractivity contribution in [2.45, 2.75) is 38.1 Å². The van der Waals surface area contributed by atoms with Gasteiger partial charge < -0.3 is 5.32 Å². The van der Waals surface area contributed by atoms with Crippen LogP contribution < -0.4 is 5.32 Å². The van der Waals surface area contributed by atoms with E-state index < -0.39 is 0 Å². The van der Waals surface area contributed by atoms with Crippen molar-refractivity contribution in [1.82, 2.24) is 9.97 Å². The lowest BCUT2D eigenvalue weighted by Crippen LogP contribution is -2.16. The van der Waals surface area contributed by atoms with Crippen LogP contribution in [0.25, 0.3) is 0 Å². The van der Waals surface area contributed by atoms with Gasteiger partial charge in [0, 0.05) is 17.1 Å². The first-order chi connectivity index (χ1) is 10.7. The van der Waals surface area contributed by atoms with E-state index in [0.717, 1.165) is 35.8 Å². The summed E-state index contributed by atoms with van der Waals surface area (Å²) in [4.78, 5) is 20.8. The first-order valence-corrected chi connectivity index (χ1v) is 8.44. The Balaban J connectivity index is 1.61. The van der Waals surface area contributed by atoms with Crippen molar-refractivity contribution in [2.24, 2.45) is 0 Å². The zero-order valence-electron chi connectivity index (χ0n) is 12.1. The average Bonchev–Trinajstić information content (AvgIpc) is 2.90. The number of halogens is 1. The van der Waals surface area contributed by atoms with Crippen molar-refractivity contribution in [2.75, 3.05) is 5.32 Å². The maximum Gasteiger partial charge on any atom is 0.223 e. The Kier molecular flexibility index (Phi) is 3.45. The monoisotopic (exact) mass is 357 g/mol. The van der Waals surface area contributed by atoms with Gasteiger partial charge in [-0.3, -0.25) is 4.79 Å². The van der Waals surface area contributed by atoms with E-state index in [0.29, 0.717) is 17.9 Å². The smallest absolute Gasteiger partial charge is 0.223 e. The zero-order valence-corrected chi connectivity index (χ0v) is 13.7. The van der Waals surface area contributed by atoms with E-state index in [2.05, 4.69) is 49.4 Å². The summed E-state index contributed by atoms with van der Waals surface area (Å²) in [7, 11) is 0. The minimum Gasteiger partial charge on any atom is -0.347 e. The molecule has 4 rings (SSSR count). The summed E-state index contributed by atoms with van der Waals surface area (Å²) in [6, 6.07) is 6.67. The van der Waals surface area contributed by atoms with E-state index in [1.165, 1.54) is 11.1 Å². The number of aryl methyl sites for hydroxylation is 2. The fourth-order valence-corrected chi connectivity index (χ4v) is 3.72. The highest BCUT2D eigenvalue weighted by Crippen LogP contribution is 2.35. The van der Waals surface area contributed by atoms with Gasteiger partial charge in [-0.25, -0.2) is 9.97 Å². The summed E-state index contributed by atoms with van der Waals surface area (Å²) >= 11 is 3.54. The van der Waals surface area contributed by atoms with Gasteiger partial charge >= 0.3 is 0 Å². The Hall–Kier alpha value is -1.75. The molecular weight excluding hydrogens is 342 g/mol. The van der Waals surface area contributed by atoms with E-state index in [4.69, 9.17) is 0 Å². The number of carbonyl (C=O) groups excluding carboxylic acids is 1. The zero-order chi connectivity index (χ0) is 15.1. The molecule has 2 aliphatic rings. The minimum absolute atomic E-state index is 0.169. The molecule has 0 unspecified atom stereocenters. The van der Waals surface area contributed by atoms with Gasteiger partial charge in [-0.1, -0.05) is 22.0 Å². The summed E-state index contributed by atoms with van der Waals surface area (Å²) in [6.45, 7) is 0. The van der Waals surface area contributed by atoms with Crippen LogP contribution in [0.3, 0.4) is 0 Å². The predicted octanol–water partition coefficient (Wildman–Crippen LogP) is 3.86. The first-order valence-electron chi connectivity index (χ1n) is 7.65. The Bertz CT molecular complexity index is 760. The van der Waals surface area contributed by atoms with Crippen molar-refractivity contribution in [1.29, 1.82) is 0 Å². The average molecular weight is 358 g/mol. The second-order valence-electron chi connectivity index (χ2n) is 5.91. The van der Waals surface area contributed by atoms with Crippen LogP contribution in [0, 0.1) is 0 Å². The SMILES string of the molecule is O=C1CCCc2nc(N[C@@H]3CCc4ccc(Br)cc43)ncc21. The number of carbonyl (C=O) groups is 1. The van der Waals surface area contributed by atoms with Crippen LogP contribution in [0.1, 0.15) is 52.5 Å². The Morgan fingerprint density at radius 2 is 2.14 bits per heavy atom.